The maximum atomic E-state index is 13.4. The lowest BCUT2D eigenvalue weighted by atomic mass is 10.0. The van der Waals surface area contributed by atoms with E-state index in [0.29, 0.717) is 27.4 Å². The molecule has 0 fully saturated rings. The Labute approximate surface area is 195 Å². The van der Waals surface area contributed by atoms with E-state index in [1.807, 2.05) is 28.9 Å². The maximum absolute atomic E-state index is 13.4. The van der Waals surface area contributed by atoms with Gasteiger partial charge in [0.1, 0.15) is 16.7 Å². The zero-order valence-corrected chi connectivity index (χ0v) is 19.5. The molecule has 2 aromatic carbocycles. The molecule has 32 heavy (non-hydrogen) atoms. The smallest absolute Gasteiger partial charge is 0.240 e. The molecule has 0 saturated heterocycles. The molecule has 1 aliphatic heterocycles. The van der Waals surface area contributed by atoms with E-state index in [9.17, 15) is 4.79 Å². The lowest BCUT2D eigenvalue weighted by Gasteiger charge is -2.33. The highest BCUT2D eigenvalue weighted by molar-refractivity contribution is 8.00. The van der Waals surface area contributed by atoms with Gasteiger partial charge in [0.2, 0.25) is 11.1 Å². The number of nitrogens with zero attached hydrogens (tertiary/aromatic N) is 3. The van der Waals surface area contributed by atoms with Gasteiger partial charge in [-0.3, -0.25) is 4.79 Å². The number of amides is 1. The summed E-state index contributed by atoms with van der Waals surface area (Å²) in [6, 6.07) is 12.4. The normalized spacial score (nSPS) is 17.2. The summed E-state index contributed by atoms with van der Waals surface area (Å²) in [5, 5.41) is 12.2. The Morgan fingerprint density at radius 2 is 1.97 bits per heavy atom. The van der Waals surface area contributed by atoms with Crippen LogP contribution >= 0.6 is 23.4 Å². The highest BCUT2D eigenvalue weighted by Crippen LogP contribution is 2.40. The molecule has 0 bridgehead atoms. The first-order valence-electron chi connectivity index (χ1n) is 10.2. The fourth-order valence-corrected chi connectivity index (χ4v) is 4.93. The number of aryl methyl sites for hydroxylation is 1. The number of para-hydroxylation sites is 2. The van der Waals surface area contributed by atoms with Gasteiger partial charge < -0.3 is 20.2 Å². The van der Waals surface area contributed by atoms with Gasteiger partial charge in [-0.2, -0.15) is 0 Å². The van der Waals surface area contributed by atoms with E-state index < -0.39 is 5.25 Å². The van der Waals surface area contributed by atoms with Crippen LogP contribution in [-0.4, -0.2) is 40.3 Å². The number of rotatable bonds is 7. The van der Waals surface area contributed by atoms with Crippen molar-refractivity contribution >= 4 is 35.0 Å². The topological polar surface area (TPSA) is 90.3 Å². The van der Waals surface area contributed by atoms with Crippen LogP contribution in [0.25, 0.3) is 0 Å². The Morgan fingerprint density at radius 3 is 2.69 bits per heavy atom. The summed E-state index contributed by atoms with van der Waals surface area (Å²) in [7, 11) is 3.14. The minimum Gasteiger partial charge on any atom is -0.495 e. The molecule has 2 heterocycles. The second-order valence-electron chi connectivity index (χ2n) is 7.21. The third kappa shape index (κ3) is 4.35. The number of nitrogens with one attached hydrogen (secondary N) is 2. The minimum absolute atomic E-state index is 0.185. The number of fused-ring (bicyclic) bond motifs is 1. The number of hydrogen-bond acceptors (Lipinski definition) is 7. The summed E-state index contributed by atoms with van der Waals surface area (Å²) in [6.07, 6.45) is 1.70. The summed E-state index contributed by atoms with van der Waals surface area (Å²) in [5.41, 5.74) is 4.89. The number of benzene rings is 2. The molecule has 1 amide bonds. The summed E-state index contributed by atoms with van der Waals surface area (Å²) in [4.78, 5) is 13.4. The monoisotopic (exact) mass is 473 g/mol. The van der Waals surface area contributed by atoms with Crippen LogP contribution in [0.3, 0.4) is 0 Å². The SMILES string of the molecule is CCCc1nnc2n1N[C@@H](c1ccc(OC)c(Cl)c1)[C@H](C(=O)Nc1ccccc1OC)S2. The van der Waals surface area contributed by atoms with Crippen LogP contribution in [0.4, 0.5) is 5.69 Å². The van der Waals surface area contributed by atoms with Crippen molar-refractivity contribution in [3.8, 4) is 11.5 Å². The standard InChI is InChI=1S/C22H24ClN5O3S/c1-4-7-18-25-26-22-28(18)27-19(13-10-11-16(30-2)14(23)12-13)20(32-22)21(29)24-15-8-5-6-9-17(15)31-3/h5-6,8-12,19-20,27H,4,7H2,1-3H3,(H,24,29)/t19-,20+/m0/s1. The molecule has 0 aliphatic carbocycles. The first kappa shape index (κ1) is 22.3. The molecule has 3 aromatic rings. The van der Waals surface area contributed by atoms with Gasteiger partial charge in [-0.05, 0) is 36.2 Å². The van der Waals surface area contributed by atoms with Gasteiger partial charge in [-0.15, -0.1) is 10.2 Å². The second-order valence-corrected chi connectivity index (χ2v) is 8.73. The Bertz CT molecular complexity index is 1120. The van der Waals surface area contributed by atoms with E-state index >= 15 is 0 Å². The van der Waals surface area contributed by atoms with Crippen molar-refractivity contribution < 1.29 is 14.3 Å². The fourth-order valence-electron chi connectivity index (χ4n) is 3.56. The Hall–Kier alpha value is -2.91. The predicted octanol–water partition coefficient (Wildman–Crippen LogP) is 4.30. The molecule has 0 radical (unpaired) electrons. The first-order valence-corrected chi connectivity index (χ1v) is 11.5. The highest BCUT2D eigenvalue weighted by Gasteiger charge is 2.38. The molecule has 2 atom stereocenters. The van der Waals surface area contributed by atoms with Crippen molar-refractivity contribution in [2.24, 2.45) is 0 Å². The maximum Gasteiger partial charge on any atom is 0.240 e. The number of thioether (sulfide) groups is 1. The predicted molar refractivity (Wildman–Crippen MR) is 125 cm³/mol. The molecule has 2 N–H and O–H groups in total. The van der Waals surface area contributed by atoms with Gasteiger partial charge in [-0.25, -0.2) is 4.68 Å². The number of anilines is 1. The van der Waals surface area contributed by atoms with Crippen molar-refractivity contribution in [1.29, 1.82) is 0 Å². The van der Waals surface area contributed by atoms with E-state index in [1.165, 1.54) is 11.8 Å². The van der Waals surface area contributed by atoms with Crippen LogP contribution < -0.4 is 20.2 Å². The average Bonchev–Trinajstić information content (AvgIpc) is 3.20. The molecule has 10 heteroatoms. The van der Waals surface area contributed by atoms with Gasteiger partial charge in [0.15, 0.2) is 5.82 Å². The molecule has 8 nitrogen and oxygen atoms in total. The first-order chi connectivity index (χ1) is 15.5. The van der Waals surface area contributed by atoms with Crippen LogP contribution in [-0.2, 0) is 11.2 Å². The molecule has 1 aromatic heterocycles. The number of methoxy groups -OCH3 is 2. The number of aromatic nitrogens is 3. The fraction of sp³-hybridized carbons (Fsp3) is 0.318. The molecule has 0 unspecified atom stereocenters. The molecule has 168 valence electrons. The number of carbonyl (C=O) groups excluding carboxylic acids is 1. The lowest BCUT2D eigenvalue weighted by Crippen LogP contribution is -2.41. The Kier molecular flexibility index (Phi) is 6.76. The Balaban J connectivity index is 1.70. The second kappa shape index (κ2) is 9.70. The van der Waals surface area contributed by atoms with Gasteiger partial charge in [-0.1, -0.05) is 48.5 Å². The molecule has 4 rings (SSSR count). The minimum atomic E-state index is -0.532. The highest BCUT2D eigenvalue weighted by atomic mass is 35.5. The summed E-state index contributed by atoms with van der Waals surface area (Å²) in [5.74, 6) is 1.80. The van der Waals surface area contributed by atoms with Crippen molar-refractivity contribution in [2.45, 2.75) is 36.2 Å². The van der Waals surface area contributed by atoms with Crippen LogP contribution in [0.2, 0.25) is 5.02 Å². The summed E-state index contributed by atoms with van der Waals surface area (Å²) in [6.45, 7) is 2.09. The van der Waals surface area contributed by atoms with E-state index in [2.05, 4.69) is 27.9 Å². The molecule has 1 aliphatic rings. The molecular weight excluding hydrogens is 450 g/mol. The number of ether oxygens (including phenoxy) is 2. The molecular formula is C22H24ClN5O3S. The van der Waals surface area contributed by atoms with E-state index in [1.54, 1.807) is 32.4 Å². The zero-order chi connectivity index (χ0) is 22.7. The van der Waals surface area contributed by atoms with Crippen molar-refractivity contribution in [3.63, 3.8) is 0 Å². The van der Waals surface area contributed by atoms with Gasteiger partial charge in [0.25, 0.3) is 0 Å². The van der Waals surface area contributed by atoms with E-state index in [0.717, 1.165) is 24.2 Å². The average molecular weight is 474 g/mol. The van der Waals surface area contributed by atoms with Crippen molar-refractivity contribution in [2.75, 3.05) is 25.0 Å². The van der Waals surface area contributed by atoms with Crippen LogP contribution in [0, 0.1) is 0 Å². The molecule has 0 saturated carbocycles. The number of halogens is 1. The summed E-state index contributed by atoms with van der Waals surface area (Å²) >= 11 is 7.76. The quantitative estimate of drug-likeness (QED) is 0.528. The number of carbonyl (C=O) groups is 1. The number of hydrogen-bond donors (Lipinski definition) is 2. The van der Waals surface area contributed by atoms with E-state index in [4.69, 9.17) is 21.1 Å². The van der Waals surface area contributed by atoms with Crippen LogP contribution in [0.15, 0.2) is 47.6 Å². The van der Waals surface area contributed by atoms with Crippen LogP contribution in [0.5, 0.6) is 11.5 Å². The van der Waals surface area contributed by atoms with Crippen LogP contribution in [0.1, 0.15) is 30.8 Å². The largest absolute Gasteiger partial charge is 0.495 e. The van der Waals surface area contributed by atoms with E-state index in [-0.39, 0.29) is 11.9 Å². The summed E-state index contributed by atoms with van der Waals surface area (Å²) < 4.78 is 12.5. The third-order valence-electron chi connectivity index (χ3n) is 5.14. The molecule has 0 spiro atoms. The van der Waals surface area contributed by atoms with Crippen molar-refractivity contribution in [1.82, 2.24) is 14.9 Å². The lowest BCUT2D eigenvalue weighted by molar-refractivity contribution is -0.116. The van der Waals surface area contributed by atoms with Gasteiger partial charge >= 0.3 is 0 Å². The Morgan fingerprint density at radius 1 is 1.19 bits per heavy atom. The zero-order valence-electron chi connectivity index (χ0n) is 18.0. The van der Waals surface area contributed by atoms with Gasteiger partial charge in [0.05, 0.1) is 31.0 Å². The van der Waals surface area contributed by atoms with Gasteiger partial charge in [0, 0.05) is 6.42 Å². The third-order valence-corrected chi connectivity index (χ3v) is 6.65. The van der Waals surface area contributed by atoms with Crippen molar-refractivity contribution in [3.05, 3.63) is 58.9 Å².